The lowest BCUT2D eigenvalue weighted by atomic mass is 9.83. The second-order valence-corrected chi connectivity index (χ2v) is 9.30. The Kier molecular flexibility index (Phi) is 6.35. The Morgan fingerprint density at radius 2 is 1.94 bits per heavy atom. The lowest BCUT2D eigenvalue weighted by Gasteiger charge is -2.32. The first kappa shape index (κ1) is 22.5. The molecule has 168 valence electrons. The summed E-state index contributed by atoms with van der Waals surface area (Å²) in [7, 11) is 1.29. The molecule has 1 aliphatic heterocycles. The minimum absolute atomic E-state index is 0.106. The molecule has 0 spiro atoms. The molecule has 8 heteroatoms. The van der Waals surface area contributed by atoms with Crippen molar-refractivity contribution in [2.45, 2.75) is 38.3 Å². The number of benzene rings is 2. The fraction of sp³-hybridized carbons (Fsp3) is 0.375. The van der Waals surface area contributed by atoms with E-state index in [4.69, 9.17) is 4.74 Å². The summed E-state index contributed by atoms with van der Waals surface area (Å²) in [5.74, 6) is 0.349. The second-order valence-electron chi connectivity index (χ2n) is 8.44. The summed E-state index contributed by atoms with van der Waals surface area (Å²) in [5.41, 5.74) is 0.863. The first-order valence-electron chi connectivity index (χ1n) is 10.7. The van der Waals surface area contributed by atoms with Crippen molar-refractivity contribution in [1.29, 1.82) is 0 Å². The van der Waals surface area contributed by atoms with Crippen molar-refractivity contribution in [1.82, 2.24) is 20.6 Å². The molecular formula is C24H27BrN4O3. The van der Waals surface area contributed by atoms with Crippen molar-refractivity contribution in [2.24, 2.45) is 5.92 Å². The number of fused-ring (bicyclic) bond motifs is 1. The zero-order chi connectivity index (χ0) is 22.9. The highest BCUT2D eigenvalue weighted by atomic mass is 79.9. The van der Waals surface area contributed by atoms with Crippen molar-refractivity contribution in [3.8, 4) is 11.3 Å². The number of H-pyrrole nitrogens is 1. The SMILES string of the molecule is COC(=O)NC(C(=O)C1(c2ncc(-c3ccc(Br)c4ccccc34)[nH]2)CCCN1)C(C)C. The number of carbonyl (C=O) groups excluding carboxylic acids is 2. The number of aromatic nitrogens is 2. The van der Waals surface area contributed by atoms with Crippen LogP contribution in [0.3, 0.4) is 0 Å². The Hall–Kier alpha value is -2.71. The molecule has 1 saturated heterocycles. The smallest absolute Gasteiger partial charge is 0.407 e. The normalized spacial score (nSPS) is 19.3. The predicted molar refractivity (Wildman–Crippen MR) is 127 cm³/mol. The number of methoxy groups -OCH3 is 1. The number of halogens is 1. The molecular weight excluding hydrogens is 472 g/mol. The van der Waals surface area contributed by atoms with E-state index < -0.39 is 17.7 Å². The number of rotatable bonds is 6. The van der Waals surface area contributed by atoms with E-state index in [0.29, 0.717) is 18.8 Å². The fourth-order valence-electron chi connectivity index (χ4n) is 4.43. The van der Waals surface area contributed by atoms with Crippen LogP contribution in [0, 0.1) is 5.92 Å². The first-order valence-corrected chi connectivity index (χ1v) is 11.5. The average molecular weight is 499 g/mol. The van der Waals surface area contributed by atoms with Gasteiger partial charge in [-0.15, -0.1) is 0 Å². The van der Waals surface area contributed by atoms with E-state index in [1.54, 1.807) is 6.20 Å². The number of imidazole rings is 1. The fourth-order valence-corrected chi connectivity index (χ4v) is 4.91. The molecule has 4 rings (SSSR count). The largest absolute Gasteiger partial charge is 0.453 e. The van der Waals surface area contributed by atoms with E-state index >= 15 is 0 Å². The standard InChI is InChI=1S/C24H27BrN4O3/c1-14(2)20(29-23(31)32-3)21(30)24(11-6-12-27-24)22-26-13-19(28-22)17-9-10-18(25)16-8-5-4-7-15(16)17/h4-5,7-10,13-14,20,27H,6,11-12H2,1-3H3,(H,26,28)(H,29,31). The number of nitrogens with zero attached hydrogens (tertiary/aromatic N) is 1. The van der Waals surface area contributed by atoms with Gasteiger partial charge >= 0.3 is 6.09 Å². The number of Topliss-reactive ketones (excluding diaryl/α,β-unsaturated/α-hetero) is 1. The Bertz CT molecular complexity index is 1150. The number of hydrogen-bond donors (Lipinski definition) is 3. The van der Waals surface area contributed by atoms with Gasteiger partial charge in [-0.1, -0.05) is 60.1 Å². The van der Waals surface area contributed by atoms with Gasteiger partial charge in [-0.3, -0.25) is 10.1 Å². The van der Waals surface area contributed by atoms with Crippen molar-refractivity contribution < 1.29 is 14.3 Å². The van der Waals surface area contributed by atoms with E-state index in [-0.39, 0.29) is 11.7 Å². The van der Waals surface area contributed by atoms with Gasteiger partial charge in [0, 0.05) is 10.0 Å². The summed E-state index contributed by atoms with van der Waals surface area (Å²) in [4.78, 5) is 33.7. The first-order chi connectivity index (χ1) is 15.4. The van der Waals surface area contributed by atoms with E-state index in [0.717, 1.165) is 32.9 Å². The summed E-state index contributed by atoms with van der Waals surface area (Å²) < 4.78 is 5.77. The van der Waals surface area contributed by atoms with Crippen LogP contribution in [0.15, 0.2) is 47.1 Å². The van der Waals surface area contributed by atoms with Crippen molar-refractivity contribution in [3.05, 3.63) is 52.9 Å². The molecule has 0 saturated carbocycles. The number of alkyl carbamates (subject to hydrolysis) is 1. The molecule has 1 fully saturated rings. The molecule has 0 radical (unpaired) electrons. The maximum Gasteiger partial charge on any atom is 0.407 e. The molecule has 3 N–H and O–H groups in total. The Morgan fingerprint density at radius 3 is 2.59 bits per heavy atom. The molecule has 2 heterocycles. The zero-order valence-corrected chi connectivity index (χ0v) is 20.0. The van der Waals surface area contributed by atoms with Crippen LogP contribution in [0.1, 0.15) is 32.5 Å². The van der Waals surface area contributed by atoms with Crippen molar-refractivity contribution in [2.75, 3.05) is 13.7 Å². The van der Waals surface area contributed by atoms with Crippen LogP contribution in [0.4, 0.5) is 4.79 Å². The quantitative estimate of drug-likeness (QED) is 0.464. The summed E-state index contributed by atoms with van der Waals surface area (Å²) in [5, 5.41) is 8.28. The molecule has 32 heavy (non-hydrogen) atoms. The van der Waals surface area contributed by atoms with E-state index in [9.17, 15) is 9.59 Å². The molecule has 0 aliphatic carbocycles. The molecule has 3 aromatic rings. The lowest BCUT2D eigenvalue weighted by Crippen LogP contribution is -2.57. The van der Waals surface area contributed by atoms with Gasteiger partial charge in [-0.25, -0.2) is 9.78 Å². The number of amides is 1. The Balaban J connectivity index is 1.75. The molecule has 7 nitrogen and oxygen atoms in total. The molecule has 2 atom stereocenters. The molecule has 1 amide bonds. The molecule has 2 aromatic carbocycles. The van der Waals surface area contributed by atoms with Crippen LogP contribution in [0.2, 0.25) is 0 Å². The van der Waals surface area contributed by atoms with Crippen molar-refractivity contribution in [3.63, 3.8) is 0 Å². The number of ether oxygens (including phenoxy) is 1. The number of hydrogen-bond acceptors (Lipinski definition) is 5. The maximum absolute atomic E-state index is 13.8. The van der Waals surface area contributed by atoms with Gasteiger partial charge in [0.05, 0.1) is 25.0 Å². The highest BCUT2D eigenvalue weighted by Crippen LogP contribution is 2.36. The van der Waals surface area contributed by atoms with Gasteiger partial charge in [0.25, 0.3) is 0 Å². The van der Waals surface area contributed by atoms with Crippen LogP contribution >= 0.6 is 15.9 Å². The summed E-state index contributed by atoms with van der Waals surface area (Å²) in [6.45, 7) is 4.51. The number of aromatic amines is 1. The van der Waals surface area contributed by atoms with E-state index in [1.165, 1.54) is 7.11 Å². The van der Waals surface area contributed by atoms with E-state index in [1.807, 2.05) is 38.1 Å². The minimum Gasteiger partial charge on any atom is -0.453 e. The van der Waals surface area contributed by atoms with Gasteiger partial charge in [-0.2, -0.15) is 0 Å². The average Bonchev–Trinajstić information content (AvgIpc) is 3.48. The third-order valence-electron chi connectivity index (χ3n) is 6.12. The maximum atomic E-state index is 13.8. The summed E-state index contributed by atoms with van der Waals surface area (Å²) in [6, 6.07) is 11.5. The predicted octanol–water partition coefficient (Wildman–Crippen LogP) is 4.52. The van der Waals surface area contributed by atoms with Gasteiger partial charge in [0.1, 0.15) is 11.4 Å². The van der Waals surface area contributed by atoms with Gasteiger partial charge in [-0.05, 0) is 42.1 Å². The van der Waals surface area contributed by atoms with Crippen LogP contribution < -0.4 is 10.6 Å². The summed E-state index contributed by atoms with van der Waals surface area (Å²) >= 11 is 3.62. The summed E-state index contributed by atoms with van der Waals surface area (Å²) in [6.07, 6.45) is 2.60. The minimum atomic E-state index is -0.987. The second kappa shape index (κ2) is 9.03. The van der Waals surface area contributed by atoms with E-state index in [2.05, 4.69) is 48.7 Å². The third kappa shape index (κ3) is 3.93. The number of nitrogens with one attached hydrogen (secondary N) is 3. The molecule has 1 aliphatic rings. The monoisotopic (exact) mass is 498 g/mol. The zero-order valence-electron chi connectivity index (χ0n) is 18.4. The van der Waals surface area contributed by atoms with Crippen LogP contribution in [0.25, 0.3) is 22.0 Å². The Morgan fingerprint density at radius 1 is 1.19 bits per heavy atom. The van der Waals surface area contributed by atoms with Crippen LogP contribution in [0.5, 0.6) is 0 Å². The van der Waals surface area contributed by atoms with Gasteiger partial charge < -0.3 is 15.0 Å². The van der Waals surface area contributed by atoms with Crippen LogP contribution in [-0.2, 0) is 15.1 Å². The van der Waals surface area contributed by atoms with Crippen molar-refractivity contribution >= 4 is 38.6 Å². The lowest BCUT2D eigenvalue weighted by molar-refractivity contribution is -0.128. The third-order valence-corrected chi connectivity index (χ3v) is 6.82. The van der Waals surface area contributed by atoms with Gasteiger partial charge in [0.15, 0.2) is 5.78 Å². The van der Waals surface area contributed by atoms with Gasteiger partial charge in [0.2, 0.25) is 0 Å². The molecule has 2 unspecified atom stereocenters. The Labute approximate surface area is 195 Å². The highest BCUT2D eigenvalue weighted by Gasteiger charge is 2.48. The topological polar surface area (TPSA) is 96.1 Å². The highest BCUT2D eigenvalue weighted by molar-refractivity contribution is 9.10. The number of ketones is 1. The molecule has 0 bridgehead atoms. The molecule has 1 aromatic heterocycles. The van der Waals surface area contributed by atoms with Crippen LogP contribution in [-0.4, -0.2) is 41.5 Å². The number of carbonyl (C=O) groups is 2.